The summed E-state index contributed by atoms with van der Waals surface area (Å²) in [6.07, 6.45) is 0. The monoisotopic (exact) mass is 872 g/mol. The number of carbonyl (C=O) groups is 1. The summed E-state index contributed by atoms with van der Waals surface area (Å²) in [5.74, 6) is -1.62. The van der Waals surface area contributed by atoms with Crippen LogP contribution in [0.15, 0.2) is 82.4 Å². The van der Waals surface area contributed by atoms with E-state index in [0.717, 1.165) is 85.8 Å². The first kappa shape index (κ1) is 43.3. The molecular weight excluding hydrogens is 823 g/mol. The van der Waals surface area contributed by atoms with Crippen LogP contribution >= 0.6 is 0 Å². The average Bonchev–Trinajstić information content (AvgIpc) is 3.88. The van der Waals surface area contributed by atoms with Crippen molar-refractivity contribution in [3.8, 4) is 22.8 Å². The number of carbonyl (C=O) groups excluding carboxylic acids is 1. The van der Waals surface area contributed by atoms with Gasteiger partial charge in [0.15, 0.2) is 0 Å². The van der Waals surface area contributed by atoms with Crippen molar-refractivity contribution in [2.75, 3.05) is 87.7 Å². The molecule has 0 amide bonds. The largest absolute Gasteiger partial charge is 0.550 e. The van der Waals surface area contributed by atoms with Gasteiger partial charge in [0.2, 0.25) is 0 Å². The number of piperazine rings is 2. The molecule has 10 rings (SSSR count). The Labute approximate surface area is 365 Å². The lowest BCUT2D eigenvalue weighted by Crippen LogP contribution is -3.12. The van der Waals surface area contributed by atoms with Crippen LogP contribution in [0.5, 0.6) is 0 Å². The number of nitrogen functional groups attached to an aromatic ring is 2. The van der Waals surface area contributed by atoms with Crippen molar-refractivity contribution < 1.29 is 23.6 Å². The van der Waals surface area contributed by atoms with E-state index in [0.29, 0.717) is 22.7 Å². The van der Waals surface area contributed by atoms with Gasteiger partial charge < -0.3 is 60.9 Å². The highest BCUT2D eigenvalue weighted by Crippen LogP contribution is 2.33. The van der Waals surface area contributed by atoms with Crippen LogP contribution in [-0.2, 0) is 4.79 Å². The van der Waals surface area contributed by atoms with Crippen LogP contribution in [-0.4, -0.2) is 107 Å². The fourth-order valence-electron chi connectivity index (χ4n) is 7.98. The molecule has 0 atom stereocenters. The standard InChI is InChI=1S/2C21H21FN6O.C4H8O2/c2*1-27-7-9-28(10-8-27)12-5-6-14-16(11-12)25-20(24-14)18-19(23)17-13(22)3-2-4-15(17)26-21(18)29;1-3(2)4(5)6/h2*2-6,11H,7-10H2,1H3,(H,24,25)(H3,23,26,29);3H,1-2H3,(H,5,6). The van der Waals surface area contributed by atoms with Crippen molar-refractivity contribution >= 4 is 72.6 Å². The lowest BCUT2D eigenvalue weighted by atomic mass is 10.1. The first-order chi connectivity index (χ1) is 30.7. The third kappa shape index (κ3) is 8.69. The van der Waals surface area contributed by atoms with Crippen molar-refractivity contribution in [1.29, 1.82) is 0 Å². The summed E-state index contributed by atoms with van der Waals surface area (Å²) in [4.78, 5) is 64.3. The Balaban J connectivity index is 0.000000156. The fraction of sp³-hybridized carbons (Fsp3) is 0.283. The molecule has 9 N–H and O–H groups in total. The van der Waals surface area contributed by atoms with Crippen molar-refractivity contribution in [1.82, 2.24) is 34.8 Å². The van der Waals surface area contributed by atoms with E-state index >= 15 is 0 Å². The zero-order valence-corrected chi connectivity index (χ0v) is 35.9. The molecule has 0 saturated carbocycles. The zero-order valence-electron chi connectivity index (χ0n) is 35.9. The highest BCUT2D eigenvalue weighted by molar-refractivity contribution is 5.99. The smallest absolute Gasteiger partial charge is 0.261 e. The molecule has 0 aliphatic carbocycles. The molecular formula is C46H50F2N12O4. The number of hydrogen-bond donors (Lipinski definition) is 7. The maximum absolute atomic E-state index is 14.3. The first-order valence-electron chi connectivity index (χ1n) is 21.1. The summed E-state index contributed by atoms with van der Waals surface area (Å²) in [7, 11) is 4.33. The zero-order chi connectivity index (χ0) is 45.4. The Kier molecular flexibility index (Phi) is 12.1. The summed E-state index contributed by atoms with van der Waals surface area (Å²) < 4.78 is 28.6. The Hall–Kier alpha value is -7.31. The van der Waals surface area contributed by atoms with Crippen LogP contribution in [0.3, 0.4) is 0 Å². The molecule has 2 aliphatic rings. The van der Waals surface area contributed by atoms with E-state index < -0.39 is 28.7 Å². The number of pyridine rings is 2. The molecule has 4 aromatic heterocycles. The van der Waals surface area contributed by atoms with Gasteiger partial charge in [-0.3, -0.25) is 9.59 Å². The third-order valence-corrected chi connectivity index (χ3v) is 11.8. The van der Waals surface area contributed by atoms with Crippen LogP contribution in [0, 0.1) is 17.6 Å². The van der Waals surface area contributed by atoms with Crippen LogP contribution in [0.2, 0.25) is 0 Å². The number of aromatic amines is 4. The molecule has 2 fully saturated rings. The number of nitrogens with zero attached hydrogens (tertiary/aromatic N) is 5. The summed E-state index contributed by atoms with van der Waals surface area (Å²) >= 11 is 0. The number of rotatable bonds is 5. The maximum Gasteiger partial charge on any atom is 0.261 e. The number of hydrogen-bond acceptors (Lipinski definition) is 11. The number of imidazole rings is 2. The van der Waals surface area contributed by atoms with Crippen LogP contribution in [0.25, 0.3) is 66.6 Å². The van der Waals surface area contributed by atoms with Gasteiger partial charge in [0, 0.05) is 43.5 Å². The van der Waals surface area contributed by atoms with E-state index in [2.05, 4.69) is 58.7 Å². The van der Waals surface area contributed by atoms with Crippen molar-refractivity contribution in [3.05, 3.63) is 105 Å². The molecule has 64 heavy (non-hydrogen) atoms. The molecule has 2 saturated heterocycles. The first-order valence-corrected chi connectivity index (χ1v) is 21.1. The lowest BCUT2D eigenvalue weighted by Gasteiger charge is -2.34. The van der Waals surface area contributed by atoms with Gasteiger partial charge in [0.05, 0.1) is 88.5 Å². The van der Waals surface area contributed by atoms with E-state index in [1.54, 1.807) is 26.0 Å². The molecule has 0 bridgehead atoms. The number of aromatic nitrogens is 6. The number of fused-ring (bicyclic) bond motifs is 4. The van der Waals surface area contributed by atoms with Gasteiger partial charge in [-0.1, -0.05) is 26.0 Å². The normalized spacial score (nSPS) is 14.9. The van der Waals surface area contributed by atoms with Gasteiger partial charge in [-0.15, -0.1) is 0 Å². The summed E-state index contributed by atoms with van der Waals surface area (Å²) in [5.41, 5.74) is 18.1. The molecule has 6 heterocycles. The van der Waals surface area contributed by atoms with Gasteiger partial charge in [0.25, 0.3) is 11.1 Å². The minimum absolute atomic E-state index is 0.0835. The van der Waals surface area contributed by atoms with Gasteiger partial charge in [-0.25, -0.2) is 18.7 Å². The number of carboxylic acids is 1. The number of halogens is 2. The molecule has 2 aliphatic heterocycles. The predicted octanol–water partition coefficient (Wildman–Crippen LogP) is 3.06. The van der Waals surface area contributed by atoms with E-state index in [1.165, 1.54) is 29.2 Å². The maximum atomic E-state index is 14.3. The molecule has 0 radical (unpaired) electrons. The van der Waals surface area contributed by atoms with Gasteiger partial charge in [-0.2, -0.15) is 0 Å². The van der Waals surface area contributed by atoms with Gasteiger partial charge in [-0.05, 0) is 73.6 Å². The number of quaternary nitrogens is 1. The number of H-pyrrole nitrogens is 4. The second kappa shape index (κ2) is 17.8. The predicted molar refractivity (Wildman–Crippen MR) is 246 cm³/mol. The highest BCUT2D eigenvalue weighted by Gasteiger charge is 2.22. The lowest BCUT2D eigenvalue weighted by molar-refractivity contribution is -0.880. The highest BCUT2D eigenvalue weighted by atomic mass is 19.1. The van der Waals surface area contributed by atoms with Crippen LogP contribution in [0.1, 0.15) is 13.8 Å². The Morgan fingerprint density at radius 3 is 1.52 bits per heavy atom. The molecule has 16 nitrogen and oxygen atoms in total. The van der Waals surface area contributed by atoms with Crippen LogP contribution in [0.4, 0.5) is 31.5 Å². The van der Waals surface area contributed by atoms with Crippen molar-refractivity contribution in [2.24, 2.45) is 5.92 Å². The molecule has 0 unspecified atom stereocenters. The molecule has 18 heteroatoms. The van der Waals surface area contributed by atoms with Gasteiger partial charge in [0.1, 0.15) is 34.4 Å². The molecule has 8 aromatic rings. The minimum Gasteiger partial charge on any atom is -0.550 e. The van der Waals surface area contributed by atoms with Gasteiger partial charge >= 0.3 is 0 Å². The number of benzene rings is 4. The number of carboxylic acid groups (broad SMARTS) is 1. The number of aliphatic carboxylic acids is 1. The van der Waals surface area contributed by atoms with Crippen molar-refractivity contribution in [3.63, 3.8) is 0 Å². The molecule has 0 spiro atoms. The third-order valence-electron chi connectivity index (χ3n) is 11.8. The topological polar surface area (TPSA) is 229 Å². The number of nitrogens with two attached hydrogens (primary N) is 2. The van der Waals surface area contributed by atoms with E-state index in [1.807, 2.05) is 36.4 Å². The SMILES string of the molecule is CC(C)C(=O)[O-].CN1CCN(c2ccc3nc(-c4c(N)c5c(F)cccc5[nH]c4=O)[nH]c3c2)CC1.C[NH+]1CCN(c2ccc3nc(-c4c(N)c5c(F)cccc5[nH]c4=O)[nH]c3c2)CC1. The molecule has 4 aromatic carbocycles. The van der Waals surface area contributed by atoms with E-state index in [9.17, 15) is 28.3 Å². The Morgan fingerprint density at radius 1 is 0.672 bits per heavy atom. The second-order valence-electron chi connectivity index (χ2n) is 16.6. The van der Waals surface area contributed by atoms with E-state index in [4.69, 9.17) is 11.5 Å². The van der Waals surface area contributed by atoms with Crippen LogP contribution < -0.4 is 42.4 Å². The number of likely N-dealkylation sites (N-methyl/N-ethyl adjacent to an activating group) is 2. The summed E-state index contributed by atoms with van der Waals surface area (Å²) in [6, 6.07) is 21.0. The second-order valence-corrected chi connectivity index (χ2v) is 16.6. The Bertz CT molecular complexity index is 2940. The quantitative estimate of drug-likeness (QED) is 0.133. The summed E-state index contributed by atoms with van der Waals surface area (Å²) in [6.45, 7) is 11.3. The number of nitrogens with one attached hydrogen (secondary N) is 5. The number of anilines is 4. The average molecular weight is 873 g/mol. The fourth-order valence-corrected chi connectivity index (χ4v) is 7.98. The van der Waals surface area contributed by atoms with Crippen molar-refractivity contribution in [2.45, 2.75) is 13.8 Å². The minimum atomic E-state index is -0.991. The molecule has 332 valence electrons. The summed E-state index contributed by atoms with van der Waals surface area (Å²) in [5, 5.41) is 9.98. The van der Waals surface area contributed by atoms with E-state index in [-0.39, 0.29) is 39.2 Å². The Morgan fingerprint density at radius 2 is 1.09 bits per heavy atom.